The second kappa shape index (κ2) is 5.18. The topological polar surface area (TPSA) is 33.7 Å². The average molecular weight is 288 g/mol. The van der Waals surface area contributed by atoms with Gasteiger partial charge in [0, 0.05) is 31.2 Å². The minimum absolute atomic E-state index is 0.353. The molecule has 4 heteroatoms. The lowest BCUT2D eigenvalue weighted by Gasteiger charge is -2.45. The summed E-state index contributed by atoms with van der Waals surface area (Å²) in [6.45, 7) is 5.95. The molecule has 1 spiro atoms. The third kappa shape index (κ3) is 2.51. The minimum atomic E-state index is 0.353. The van der Waals surface area contributed by atoms with E-state index in [0.29, 0.717) is 18.4 Å². The largest absolute Gasteiger partial charge is 0.454 e. The van der Waals surface area contributed by atoms with Crippen molar-refractivity contribution in [3.63, 3.8) is 0 Å². The second-order valence-corrected chi connectivity index (χ2v) is 6.81. The van der Waals surface area contributed by atoms with Crippen molar-refractivity contribution in [3.05, 3.63) is 23.8 Å². The molecule has 1 N–H and O–H groups in total. The van der Waals surface area contributed by atoms with E-state index in [4.69, 9.17) is 9.47 Å². The van der Waals surface area contributed by atoms with Crippen molar-refractivity contribution >= 4 is 0 Å². The van der Waals surface area contributed by atoms with Crippen LogP contribution in [0.3, 0.4) is 0 Å². The number of fused-ring (bicyclic) bond motifs is 1. The molecule has 0 amide bonds. The van der Waals surface area contributed by atoms with Crippen molar-refractivity contribution in [2.75, 3.05) is 19.9 Å². The van der Waals surface area contributed by atoms with Gasteiger partial charge < -0.3 is 14.8 Å². The normalized spacial score (nSPS) is 27.4. The smallest absolute Gasteiger partial charge is 0.231 e. The van der Waals surface area contributed by atoms with Gasteiger partial charge in [0.05, 0.1) is 0 Å². The molecule has 0 bridgehead atoms. The molecule has 1 unspecified atom stereocenters. The van der Waals surface area contributed by atoms with Gasteiger partial charge in [-0.15, -0.1) is 0 Å². The maximum absolute atomic E-state index is 5.50. The summed E-state index contributed by atoms with van der Waals surface area (Å²) in [7, 11) is 0. The zero-order valence-corrected chi connectivity index (χ0v) is 12.7. The van der Waals surface area contributed by atoms with Crippen molar-refractivity contribution in [1.29, 1.82) is 0 Å². The molecule has 4 rings (SSSR count). The van der Waals surface area contributed by atoms with E-state index in [0.717, 1.165) is 24.6 Å². The molecule has 114 valence electrons. The van der Waals surface area contributed by atoms with Crippen LogP contribution in [0, 0.1) is 0 Å². The molecule has 0 aromatic heterocycles. The highest BCUT2D eigenvalue weighted by molar-refractivity contribution is 5.44. The Kier molecular flexibility index (Phi) is 3.31. The quantitative estimate of drug-likeness (QED) is 0.906. The van der Waals surface area contributed by atoms with Gasteiger partial charge in [0.2, 0.25) is 6.79 Å². The van der Waals surface area contributed by atoms with Gasteiger partial charge in [0.25, 0.3) is 0 Å². The zero-order chi connectivity index (χ0) is 14.3. The summed E-state index contributed by atoms with van der Waals surface area (Å²) in [5.74, 6) is 1.77. The maximum Gasteiger partial charge on any atom is 0.231 e. The van der Waals surface area contributed by atoms with Crippen molar-refractivity contribution in [3.8, 4) is 11.5 Å². The zero-order valence-electron chi connectivity index (χ0n) is 12.7. The Morgan fingerprint density at radius 3 is 2.90 bits per heavy atom. The molecule has 1 aliphatic carbocycles. The van der Waals surface area contributed by atoms with Crippen LogP contribution in [-0.4, -0.2) is 36.4 Å². The first-order valence-corrected chi connectivity index (χ1v) is 8.12. The molecule has 2 aliphatic heterocycles. The Morgan fingerprint density at radius 1 is 1.24 bits per heavy atom. The lowest BCUT2D eigenvalue weighted by atomic mass is 9.92. The highest BCUT2D eigenvalue weighted by atomic mass is 16.7. The number of hydrogen-bond donors (Lipinski definition) is 1. The van der Waals surface area contributed by atoms with Crippen LogP contribution in [0.15, 0.2) is 18.2 Å². The minimum Gasteiger partial charge on any atom is -0.454 e. The van der Waals surface area contributed by atoms with Gasteiger partial charge in [-0.2, -0.15) is 0 Å². The Hall–Kier alpha value is -1.26. The third-order valence-corrected chi connectivity index (χ3v) is 5.28. The number of hydrogen-bond acceptors (Lipinski definition) is 4. The van der Waals surface area contributed by atoms with Gasteiger partial charge in [0.15, 0.2) is 11.5 Å². The highest BCUT2D eigenvalue weighted by Crippen LogP contribution is 2.35. The Balaban J connectivity index is 1.49. The number of nitrogens with one attached hydrogen (secondary N) is 1. The van der Waals surface area contributed by atoms with E-state index in [1.165, 1.54) is 37.8 Å². The Bertz CT molecular complexity index is 526. The van der Waals surface area contributed by atoms with Gasteiger partial charge in [0.1, 0.15) is 0 Å². The van der Waals surface area contributed by atoms with E-state index in [1.54, 1.807) is 0 Å². The summed E-state index contributed by atoms with van der Waals surface area (Å²) < 4.78 is 10.9. The predicted octanol–water partition coefficient (Wildman–Crippen LogP) is 2.52. The van der Waals surface area contributed by atoms with Gasteiger partial charge in [-0.3, -0.25) is 4.90 Å². The molecular formula is C17H24N2O2. The van der Waals surface area contributed by atoms with Crippen molar-refractivity contribution < 1.29 is 9.47 Å². The van der Waals surface area contributed by atoms with E-state index >= 15 is 0 Å². The molecule has 0 radical (unpaired) electrons. The number of ether oxygens (including phenoxy) is 2. The fourth-order valence-electron chi connectivity index (χ4n) is 3.97. The summed E-state index contributed by atoms with van der Waals surface area (Å²) in [5, 5.41) is 3.82. The number of benzene rings is 1. The summed E-state index contributed by atoms with van der Waals surface area (Å²) >= 11 is 0. The number of nitrogens with zero attached hydrogens (tertiary/aromatic N) is 1. The van der Waals surface area contributed by atoms with Crippen LogP contribution < -0.4 is 14.8 Å². The van der Waals surface area contributed by atoms with Gasteiger partial charge in [-0.25, -0.2) is 0 Å². The standard InChI is InChI=1S/C17H24N2O2/c1-13-9-18-17(6-2-3-7-17)11-19(13)10-14-4-5-15-16(8-14)21-12-20-15/h4-5,8,13,18H,2-3,6-7,9-12H2,1H3. The van der Waals surface area contributed by atoms with Crippen LogP contribution in [0.4, 0.5) is 0 Å². The average Bonchev–Trinajstić information content (AvgIpc) is 3.12. The van der Waals surface area contributed by atoms with Crippen LogP contribution >= 0.6 is 0 Å². The summed E-state index contributed by atoms with van der Waals surface area (Å²) in [4.78, 5) is 2.62. The van der Waals surface area contributed by atoms with Gasteiger partial charge >= 0.3 is 0 Å². The Labute approximate surface area is 126 Å². The molecule has 1 saturated carbocycles. The summed E-state index contributed by atoms with van der Waals surface area (Å²) in [5.41, 5.74) is 1.70. The van der Waals surface area contributed by atoms with E-state index in [2.05, 4.69) is 29.3 Å². The number of rotatable bonds is 2. The first kappa shape index (κ1) is 13.4. The highest BCUT2D eigenvalue weighted by Gasteiger charge is 2.39. The fraction of sp³-hybridized carbons (Fsp3) is 0.647. The summed E-state index contributed by atoms with van der Waals surface area (Å²) in [6.07, 6.45) is 5.41. The monoisotopic (exact) mass is 288 g/mol. The molecule has 3 aliphatic rings. The van der Waals surface area contributed by atoms with Gasteiger partial charge in [-0.1, -0.05) is 18.9 Å². The second-order valence-electron chi connectivity index (χ2n) is 6.81. The van der Waals surface area contributed by atoms with E-state index in [-0.39, 0.29) is 0 Å². The molecule has 4 nitrogen and oxygen atoms in total. The van der Waals surface area contributed by atoms with Crippen LogP contribution in [-0.2, 0) is 6.54 Å². The van der Waals surface area contributed by atoms with E-state index < -0.39 is 0 Å². The first-order chi connectivity index (χ1) is 10.2. The predicted molar refractivity (Wildman–Crippen MR) is 81.6 cm³/mol. The lowest BCUT2D eigenvalue weighted by Crippen LogP contribution is -2.61. The van der Waals surface area contributed by atoms with Crippen LogP contribution in [0.25, 0.3) is 0 Å². The van der Waals surface area contributed by atoms with E-state index in [1.807, 2.05) is 6.07 Å². The molecule has 1 atom stereocenters. The maximum atomic E-state index is 5.50. The van der Waals surface area contributed by atoms with E-state index in [9.17, 15) is 0 Å². The van der Waals surface area contributed by atoms with Crippen molar-refractivity contribution in [1.82, 2.24) is 10.2 Å². The van der Waals surface area contributed by atoms with Crippen LogP contribution in [0.1, 0.15) is 38.2 Å². The van der Waals surface area contributed by atoms with Crippen LogP contribution in [0.5, 0.6) is 11.5 Å². The molecule has 2 fully saturated rings. The lowest BCUT2D eigenvalue weighted by molar-refractivity contribution is 0.0826. The molecule has 1 aromatic rings. The Morgan fingerprint density at radius 2 is 2.05 bits per heavy atom. The fourth-order valence-corrected chi connectivity index (χ4v) is 3.97. The molecular weight excluding hydrogens is 264 g/mol. The molecule has 1 aromatic carbocycles. The molecule has 1 saturated heterocycles. The van der Waals surface area contributed by atoms with Crippen molar-refractivity contribution in [2.45, 2.75) is 50.7 Å². The number of piperazine rings is 1. The molecule has 21 heavy (non-hydrogen) atoms. The van der Waals surface area contributed by atoms with Crippen LogP contribution in [0.2, 0.25) is 0 Å². The summed E-state index contributed by atoms with van der Waals surface area (Å²) in [6, 6.07) is 6.93. The first-order valence-electron chi connectivity index (χ1n) is 8.12. The third-order valence-electron chi connectivity index (χ3n) is 5.28. The van der Waals surface area contributed by atoms with Crippen molar-refractivity contribution in [2.24, 2.45) is 0 Å². The SMILES string of the molecule is CC1CNC2(CCCC2)CN1Cc1ccc2c(c1)OCO2. The van der Waals surface area contributed by atoms with Gasteiger partial charge in [-0.05, 0) is 37.5 Å². The molecule has 2 heterocycles.